The molecule has 0 amide bonds. The van der Waals surface area contributed by atoms with E-state index in [1.807, 2.05) is 20.8 Å². The summed E-state index contributed by atoms with van der Waals surface area (Å²) in [6.07, 6.45) is 7.49. The van der Waals surface area contributed by atoms with Crippen LogP contribution in [0.4, 0.5) is 4.39 Å². The molecule has 0 aliphatic rings. The van der Waals surface area contributed by atoms with Gasteiger partial charge in [-0.2, -0.15) is 0 Å². The molecular weight excluding hydrogens is 203 g/mol. The lowest BCUT2D eigenvalue weighted by Crippen LogP contribution is -2.40. The molecule has 0 aliphatic carbocycles. The van der Waals surface area contributed by atoms with E-state index < -0.39 is 5.54 Å². The van der Waals surface area contributed by atoms with Crippen LogP contribution < -0.4 is 5.32 Å². The van der Waals surface area contributed by atoms with Crippen molar-refractivity contribution in [2.45, 2.75) is 38.8 Å². The number of hydrogen-bond donors (Lipinski definition) is 1. The number of halogens is 1. The quantitative estimate of drug-likeness (QED) is 0.789. The largest absolute Gasteiger partial charge is 0.293 e. The van der Waals surface area contributed by atoms with Gasteiger partial charge in [0.25, 0.3) is 0 Å². The van der Waals surface area contributed by atoms with Crippen LogP contribution >= 0.6 is 0 Å². The minimum atomic E-state index is -0.392. The summed E-state index contributed by atoms with van der Waals surface area (Å²) in [4.78, 5) is 4.06. The van der Waals surface area contributed by atoms with Crippen molar-refractivity contribution in [2.24, 2.45) is 0 Å². The van der Waals surface area contributed by atoms with Crippen molar-refractivity contribution < 1.29 is 4.39 Å². The number of nitrogens with zero attached hydrogens (tertiary/aromatic N) is 1. The van der Waals surface area contributed by atoms with Crippen LogP contribution in [0, 0.1) is 18.2 Å². The molecule has 1 atom stereocenters. The van der Waals surface area contributed by atoms with E-state index in [-0.39, 0.29) is 11.9 Å². The second kappa shape index (κ2) is 5.09. The maximum atomic E-state index is 12.7. The molecule has 0 saturated heterocycles. The molecular formula is C13H17FN2. The predicted octanol–water partition coefficient (Wildman–Crippen LogP) is 2.67. The molecule has 0 fully saturated rings. The fraction of sp³-hybridized carbons (Fsp3) is 0.462. The first-order valence-electron chi connectivity index (χ1n) is 5.35. The molecule has 0 radical (unpaired) electrons. The third-order valence-electron chi connectivity index (χ3n) is 2.41. The minimum absolute atomic E-state index is 0.0478. The highest BCUT2D eigenvalue weighted by Gasteiger charge is 2.20. The summed E-state index contributed by atoms with van der Waals surface area (Å²) in [7, 11) is 0. The molecule has 0 aliphatic heterocycles. The molecule has 86 valence electrons. The fourth-order valence-electron chi connectivity index (χ4n) is 1.46. The lowest BCUT2D eigenvalue weighted by Gasteiger charge is -2.26. The van der Waals surface area contributed by atoms with Crippen LogP contribution in [-0.4, -0.2) is 10.5 Å². The summed E-state index contributed by atoms with van der Waals surface area (Å²) in [6, 6.07) is 3.14. The van der Waals surface area contributed by atoms with Gasteiger partial charge < -0.3 is 0 Å². The average molecular weight is 220 g/mol. The van der Waals surface area contributed by atoms with Crippen LogP contribution in [0.15, 0.2) is 18.3 Å². The van der Waals surface area contributed by atoms with Gasteiger partial charge >= 0.3 is 0 Å². The fourth-order valence-corrected chi connectivity index (χ4v) is 1.46. The van der Waals surface area contributed by atoms with E-state index in [4.69, 9.17) is 6.42 Å². The Hall–Kier alpha value is -1.40. The lowest BCUT2D eigenvalue weighted by atomic mass is 10.0. The molecule has 1 aromatic heterocycles. The number of aromatic nitrogens is 1. The zero-order chi connectivity index (χ0) is 12.2. The highest BCUT2D eigenvalue weighted by Crippen LogP contribution is 2.18. The van der Waals surface area contributed by atoms with Gasteiger partial charge in [0.1, 0.15) is 5.82 Å². The molecule has 0 spiro atoms. The van der Waals surface area contributed by atoms with Crippen molar-refractivity contribution in [3.05, 3.63) is 29.8 Å². The Morgan fingerprint density at radius 1 is 1.56 bits per heavy atom. The van der Waals surface area contributed by atoms with E-state index in [1.165, 1.54) is 12.3 Å². The Balaban J connectivity index is 2.84. The van der Waals surface area contributed by atoms with Crippen molar-refractivity contribution in [1.29, 1.82) is 0 Å². The van der Waals surface area contributed by atoms with E-state index >= 15 is 0 Å². The molecule has 2 nitrogen and oxygen atoms in total. The second-order valence-corrected chi connectivity index (χ2v) is 4.28. The Bertz CT molecular complexity index is 376. The van der Waals surface area contributed by atoms with Crippen LogP contribution in [0.2, 0.25) is 0 Å². The SMILES string of the molecule is C#CC(C)(C)NC(CC)c1ccc(F)cn1. The maximum absolute atomic E-state index is 12.7. The van der Waals surface area contributed by atoms with Crippen molar-refractivity contribution in [3.8, 4) is 12.3 Å². The zero-order valence-corrected chi connectivity index (χ0v) is 9.92. The summed E-state index contributed by atoms with van der Waals surface area (Å²) >= 11 is 0. The highest BCUT2D eigenvalue weighted by atomic mass is 19.1. The van der Waals surface area contributed by atoms with E-state index in [0.717, 1.165) is 12.1 Å². The first-order valence-corrected chi connectivity index (χ1v) is 5.35. The molecule has 1 heterocycles. The van der Waals surface area contributed by atoms with Crippen molar-refractivity contribution in [3.63, 3.8) is 0 Å². The van der Waals surface area contributed by atoms with Gasteiger partial charge in [-0.3, -0.25) is 10.3 Å². The predicted molar refractivity (Wildman–Crippen MR) is 63.3 cm³/mol. The zero-order valence-electron chi connectivity index (χ0n) is 9.92. The molecule has 1 aromatic rings. The van der Waals surface area contributed by atoms with Gasteiger partial charge in [-0.05, 0) is 32.4 Å². The molecule has 0 bridgehead atoms. The van der Waals surface area contributed by atoms with E-state index in [9.17, 15) is 4.39 Å². The van der Waals surface area contributed by atoms with Gasteiger partial charge in [0.15, 0.2) is 0 Å². The molecule has 0 saturated carbocycles. The second-order valence-electron chi connectivity index (χ2n) is 4.28. The monoisotopic (exact) mass is 220 g/mol. The number of rotatable bonds is 4. The van der Waals surface area contributed by atoms with E-state index in [0.29, 0.717) is 0 Å². The summed E-state index contributed by atoms with van der Waals surface area (Å²) in [5, 5.41) is 3.31. The van der Waals surface area contributed by atoms with Crippen LogP contribution in [0.1, 0.15) is 38.9 Å². The summed E-state index contributed by atoms with van der Waals surface area (Å²) < 4.78 is 12.7. The summed E-state index contributed by atoms with van der Waals surface area (Å²) in [5.74, 6) is 2.35. The van der Waals surface area contributed by atoms with E-state index in [2.05, 4.69) is 16.2 Å². The first kappa shape index (κ1) is 12.7. The molecule has 1 unspecified atom stereocenters. The molecule has 3 heteroatoms. The van der Waals surface area contributed by atoms with Crippen molar-refractivity contribution >= 4 is 0 Å². The summed E-state index contributed by atoms with van der Waals surface area (Å²) in [5.41, 5.74) is 0.420. The van der Waals surface area contributed by atoms with Crippen molar-refractivity contribution in [1.82, 2.24) is 10.3 Å². The minimum Gasteiger partial charge on any atom is -0.293 e. The van der Waals surface area contributed by atoms with Gasteiger partial charge in [-0.1, -0.05) is 12.8 Å². The number of pyridine rings is 1. The normalized spacial score (nSPS) is 13.2. The van der Waals surface area contributed by atoms with E-state index in [1.54, 1.807) is 6.07 Å². The highest BCUT2D eigenvalue weighted by molar-refractivity contribution is 5.14. The number of nitrogens with one attached hydrogen (secondary N) is 1. The molecule has 16 heavy (non-hydrogen) atoms. The third-order valence-corrected chi connectivity index (χ3v) is 2.41. The Labute approximate surface area is 96.3 Å². The number of hydrogen-bond acceptors (Lipinski definition) is 2. The first-order chi connectivity index (χ1) is 7.48. The van der Waals surface area contributed by atoms with Gasteiger partial charge in [-0.15, -0.1) is 6.42 Å². The van der Waals surface area contributed by atoms with Gasteiger partial charge in [-0.25, -0.2) is 4.39 Å². The van der Waals surface area contributed by atoms with Gasteiger partial charge in [0, 0.05) is 0 Å². The van der Waals surface area contributed by atoms with Crippen LogP contribution in [0.25, 0.3) is 0 Å². The maximum Gasteiger partial charge on any atom is 0.141 e. The Kier molecular flexibility index (Phi) is 4.03. The lowest BCUT2D eigenvalue weighted by molar-refractivity contribution is 0.397. The average Bonchev–Trinajstić information content (AvgIpc) is 2.27. The van der Waals surface area contributed by atoms with Crippen LogP contribution in [0.3, 0.4) is 0 Å². The third kappa shape index (κ3) is 3.32. The van der Waals surface area contributed by atoms with Crippen LogP contribution in [0.5, 0.6) is 0 Å². The molecule has 0 aromatic carbocycles. The van der Waals surface area contributed by atoms with Gasteiger partial charge in [0.2, 0.25) is 0 Å². The molecule has 1 rings (SSSR count). The van der Waals surface area contributed by atoms with Crippen LogP contribution in [-0.2, 0) is 0 Å². The van der Waals surface area contributed by atoms with Gasteiger partial charge in [0.05, 0.1) is 23.5 Å². The standard InChI is InChI=1S/C13H17FN2/c1-5-11(16-13(3,4)6-2)12-8-7-10(14)9-15-12/h2,7-9,11,16H,5H2,1,3-4H3. The van der Waals surface area contributed by atoms with Crippen molar-refractivity contribution in [2.75, 3.05) is 0 Å². The molecule has 1 N–H and O–H groups in total. The smallest absolute Gasteiger partial charge is 0.141 e. The Morgan fingerprint density at radius 2 is 2.25 bits per heavy atom. The Morgan fingerprint density at radius 3 is 2.69 bits per heavy atom. The number of terminal acetylenes is 1. The topological polar surface area (TPSA) is 24.9 Å². The summed E-state index contributed by atoms with van der Waals surface area (Å²) in [6.45, 7) is 5.90.